The monoisotopic (exact) mass is 373 g/mol. The highest BCUT2D eigenvalue weighted by Crippen LogP contribution is 2.35. The topological polar surface area (TPSA) is 46.4 Å². The van der Waals surface area contributed by atoms with E-state index in [0.717, 1.165) is 28.7 Å². The molecule has 4 rings (SSSR count). The Morgan fingerprint density at radius 2 is 2.04 bits per heavy atom. The number of anilines is 1. The Morgan fingerprint density at radius 1 is 1.26 bits per heavy atom. The first-order valence-electron chi connectivity index (χ1n) is 8.76. The van der Waals surface area contributed by atoms with Gasteiger partial charge in [0.25, 0.3) is 0 Å². The summed E-state index contributed by atoms with van der Waals surface area (Å²) < 4.78 is 41.4. The van der Waals surface area contributed by atoms with E-state index in [0.29, 0.717) is 19.3 Å². The number of nitrogens with one attached hydrogen (secondary N) is 1. The molecule has 0 fully saturated rings. The van der Waals surface area contributed by atoms with Crippen molar-refractivity contribution in [3.05, 3.63) is 65.1 Å². The smallest absolute Gasteiger partial charge is 0.325 e. The van der Waals surface area contributed by atoms with Gasteiger partial charge in [0.1, 0.15) is 5.65 Å². The number of benzene rings is 1. The van der Waals surface area contributed by atoms with E-state index in [1.165, 1.54) is 18.2 Å². The van der Waals surface area contributed by atoms with Gasteiger partial charge in [0, 0.05) is 24.2 Å². The Kier molecular flexibility index (Phi) is 4.17. The molecule has 7 heteroatoms. The Morgan fingerprint density at radius 3 is 2.81 bits per heavy atom. The Balaban J connectivity index is 1.58. The van der Waals surface area contributed by atoms with Crippen molar-refractivity contribution in [3.8, 4) is 0 Å². The van der Waals surface area contributed by atoms with Gasteiger partial charge in [-0.15, -0.1) is 0 Å². The van der Waals surface area contributed by atoms with Crippen LogP contribution in [0.25, 0.3) is 5.65 Å². The standard InChI is InChI=1S/C20H18F3N3O/c1-12-8-9-26-17-11-13(6-7-16(17)24-18(26)10-12)19(27)25-15-5-3-2-4-14(15)20(21,22)23/h2-5,8-10,13H,6-7,11H2,1H3,(H,25,27). The van der Waals surface area contributed by atoms with E-state index in [-0.39, 0.29) is 17.5 Å². The lowest BCUT2D eigenvalue weighted by molar-refractivity contribution is -0.137. The molecule has 1 atom stereocenters. The summed E-state index contributed by atoms with van der Waals surface area (Å²) >= 11 is 0. The number of pyridine rings is 1. The van der Waals surface area contributed by atoms with Gasteiger partial charge in [-0.1, -0.05) is 12.1 Å². The van der Waals surface area contributed by atoms with Crippen LogP contribution in [0.15, 0.2) is 42.6 Å². The maximum Gasteiger partial charge on any atom is 0.418 e. The van der Waals surface area contributed by atoms with Crippen LogP contribution in [0.3, 0.4) is 0 Å². The van der Waals surface area contributed by atoms with Crippen molar-refractivity contribution in [2.45, 2.75) is 32.4 Å². The number of fused-ring (bicyclic) bond motifs is 3. The number of carbonyl (C=O) groups excluding carboxylic acids is 1. The highest BCUT2D eigenvalue weighted by Gasteiger charge is 2.35. The summed E-state index contributed by atoms with van der Waals surface area (Å²) in [4.78, 5) is 17.3. The molecule has 140 valence electrons. The minimum atomic E-state index is -4.51. The summed E-state index contributed by atoms with van der Waals surface area (Å²) in [6.45, 7) is 1.99. The number of aryl methyl sites for hydroxylation is 2. The molecular weight excluding hydrogens is 355 g/mol. The predicted octanol–water partition coefficient (Wildman–Crippen LogP) is 4.41. The van der Waals surface area contributed by atoms with E-state index in [9.17, 15) is 18.0 Å². The number of halogens is 3. The second-order valence-corrected chi connectivity index (χ2v) is 6.91. The molecule has 2 aromatic heterocycles. The van der Waals surface area contributed by atoms with E-state index in [1.54, 1.807) is 0 Å². The molecule has 4 nitrogen and oxygen atoms in total. The molecule has 3 aromatic rings. The number of hydrogen-bond acceptors (Lipinski definition) is 2. The van der Waals surface area contributed by atoms with Crippen molar-refractivity contribution in [2.24, 2.45) is 5.92 Å². The molecule has 2 heterocycles. The van der Waals surface area contributed by atoms with Crippen LogP contribution in [0.1, 0.15) is 28.9 Å². The van der Waals surface area contributed by atoms with E-state index < -0.39 is 11.7 Å². The first kappa shape index (κ1) is 17.6. The van der Waals surface area contributed by atoms with Gasteiger partial charge >= 0.3 is 6.18 Å². The van der Waals surface area contributed by atoms with Gasteiger partial charge in [-0.05, 0) is 49.6 Å². The summed E-state index contributed by atoms with van der Waals surface area (Å²) in [7, 11) is 0. The predicted molar refractivity (Wildman–Crippen MR) is 95.5 cm³/mol. The third kappa shape index (κ3) is 3.29. The molecule has 1 aliphatic rings. The van der Waals surface area contributed by atoms with E-state index in [4.69, 9.17) is 0 Å². The van der Waals surface area contributed by atoms with Gasteiger partial charge in [-0.25, -0.2) is 4.98 Å². The molecule has 0 bridgehead atoms. The van der Waals surface area contributed by atoms with Crippen molar-refractivity contribution in [2.75, 3.05) is 5.32 Å². The fraction of sp³-hybridized carbons (Fsp3) is 0.300. The van der Waals surface area contributed by atoms with Crippen LogP contribution < -0.4 is 5.32 Å². The number of para-hydroxylation sites is 1. The average Bonchev–Trinajstić information content (AvgIpc) is 2.97. The summed E-state index contributed by atoms with van der Waals surface area (Å²) in [5, 5.41) is 2.48. The Labute approximate surface area is 154 Å². The summed E-state index contributed by atoms with van der Waals surface area (Å²) in [5.74, 6) is -0.778. The minimum Gasteiger partial charge on any atom is -0.325 e. The number of rotatable bonds is 2. The molecule has 0 aliphatic heterocycles. The normalized spacial score (nSPS) is 17.0. The van der Waals surface area contributed by atoms with Crippen LogP contribution in [0.4, 0.5) is 18.9 Å². The third-order valence-corrected chi connectivity index (χ3v) is 4.99. The SMILES string of the molecule is Cc1ccn2c3c(nc2c1)CCC(C(=O)Nc1ccccc1C(F)(F)F)C3. The first-order valence-corrected chi connectivity index (χ1v) is 8.76. The number of nitrogens with zero attached hydrogens (tertiary/aromatic N) is 2. The van der Waals surface area contributed by atoms with Crippen molar-refractivity contribution >= 4 is 17.2 Å². The van der Waals surface area contributed by atoms with Gasteiger partial charge < -0.3 is 9.72 Å². The lowest BCUT2D eigenvalue weighted by Crippen LogP contribution is -2.29. The van der Waals surface area contributed by atoms with Crippen LogP contribution in [0, 0.1) is 12.8 Å². The maximum absolute atomic E-state index is 13.1. The number of aromatic nitrogens is 2. The maximum atomic E-state index is 13.1. The van der Waals surface area contributed by atoms with Crippen LogP contribution in [-0.4, -0.2) is 15.3 Å². The molecule has 27 heavy (non-hydrogen) atoms. The van der Waals surface area contributed by atoms with Gasteiger partial charge in [0.15, 0.2) is 0 Å². The number of imidazole rings is 1. The fourth-order valence-corrected chi connectivity index (χ4v) is 3.61. The molecule has 0 saturated carbocycles. The van der Waals surface area contributed by atoms with E-state index in [1.807, 2.05) is 29.7 Å². The second-order valence-electron chi connectivity index (χ2n) is 6.91. The highest BCUT2D eigenvalue weighted by atomic mass is 19.4. The molecular formula is C20H18F3N3O. The van der Waals surface area contributed by atoms with Gasteiger partial charge in [-0.3, -0.25) is 4.79 Å². The van der Waals surface area contributed by atoms with Crippen molar-refractivity contribution in [1.29, 1.82) is 0 Å². The van der Waals surface area contributed by atoms with Crippen LogP contribution in [0.2, 0.25) is 0 Å². The van der Waals surface area contributed by atoms with E-state index >= 15 is 0 Å². The number of carbonyl (C=O) groups is 1. The second kappa shape index (κ2) is 6.40. The van der Waals surface area contributed by atoms with Gasteiger partial charge in [0.05, 0.1) is 16.9 Å². The zero-order chi connectivity index (χ0) is 19.2. The minimum absolute atomic E-state index is 0.199. The summed E-state index contributed by atoms with van der Waals surface area (Å²) in [5.41, 5.74) is 2.82. The largest absolute Gasteiger partial charge is 0.418 e. The van der Waals surface area contributed by atoms with Crippen molar-refractivity contribution < 1.29 is 18.0 Å². The van der Waals surface area contributed by atoms with E-state index in [2.05, 4.69) is 10.3 Å². The zero-order valence-corrected chi connectivity index (χ0v) is 14.7. The molecule has 1 amide bonds. The average molecular weight is 373 g/mol. The molecule has 1 aromatic carbocycles. The van der Waals surface area contributed by atoms with Crippen molar-refractivity contribution in [1.82, 2.24) is 9.38 Å². The Bertz CT molecular complexity index is 1020. The van der Waals surface area contributed by atoms with Crippen LogP contribution in [0.5, 0.6) is 0 Å². The quantitative estimate of drug-likeness (QED) is 0.724. The molecule has 1 N–H and O–H groups in total. The van der Waals surface area contributed by atoms with Crippen LogP contribution in [-0.2, 0) is 23.8 Å². The van der Waals surface area contributed by atoms with Crippen LogP contribution >= 0.6 is 0 Å². The molecule has 0 spiro atoms. The lowest BCUT2D eigenvalue weighted by Gasteiger charge is -2.22. The molecule has 1 unspecified atom stereocenters. The number of amides is 1. The fourth-order valence-electron chi connectivity index (χ4n) is 3.61. The number of hydrogen-bond donors (Lipinski definition) is 1. The lowest BCUT2D eigenvalue weighted by atomic mass is 9.89. The first-order chi connectivity index (χ1) is 12.8. The van der Waals surface area contributed by atoms with Crippen molar-refractivity contribution in [3.63, 3.8) is 0 Å². The van der Waals surface area contributed by atoms with Gasteiger partial charge in [0.2, 0.25) is 5.91 Å². The molecule has 1 aliphatic carbocycles. The summed E-state index contributed by atoms with van der Waals surface area (Å²) in [6.07, 6.45) is -0.927. The molecule has 0 radical (unpaired) electrons. The summed E-state index contributed by atoms with van der Waals surface area (Å²) in [6, 6.07) is 9.00. The Hall–Kier alpha value is -2.83. The zero-order valence-electron chi connectivity index (χ0n) is 14.7. The number of alkyl halides is 3. The van der Waals surface area contributed by atoms with Gasteiger partial charge in [-0.2, -0.15) is 13.2 Å². The third-order valence-electron chi connectivity index (χ3n) is 4.99. The molecule has 0 saturated heterocycles. The highest BCUT2D eigenvalue weighted by molar-refractivity contribution is 5.93.